The number of nitrogens with one attached hydrogen (secondary N) is 1. The molecular formula is C10H17NO. The van der Waals surface area contributed by atoms with E-state index in [-0.39, 0.29) is 0 Å². The van der Waals surface area contributed by atoms with Gasteiger partial charge in [-0.05, 0) is 31.5 Å². The molecule has 0 saturated carbocycles. The molecule has 1 aromatic heterocycles. The number of hydrogen-bond donors (Lipinski definition) is 1. The second-order valence-corrected chi connectivity index (χ2v) is 3.00. The van der Waals surface area contributed by atoms with Crippen molar-refractivity contribution >= 4 is 0 Å². The van der Waals surface area contributed by atoms with E-state index >= 15 is 0 Å². The van der Waals surface area contributed by atoms with Crippen LogP contribution in [0.15, 0.2) is 16.7 Å². The number of aryl methyl sites for hydroxylation is 1. The SMILES string of the molecule is CCCCc1ccoc1CNC. The van der Waals surface area contributed by atoms with Crippen LogP contribution in [0.3, 0.4) is 0 Å². The molecule has 0 amide bonds. The van der Waals surface area contributed by atoms with Gasteiger partial charge in [-0.15, -0.1) is 0 Å². The normalized spacial score (nSPS) is 10.5. The van der Waals surface area contributed by atoms with E-state index in [2.05, 4.69) is 18.3 Å². The lowest BCUT2D eigenvalue weighted by molar-refractivity contribution is 0.489. The third kappa shape index (κ3) is 2.38. The molecule has 68 valence electrons. The third-order valence-electron chi connectivity index (χ3n) is 1.97. The average Bonchev–Trinajstić information content (AvgIpc) is 2.50. The van der Waals surface area contributed by atoms with Crippen molar-refractivity contribution in [3.63, 3.8) is 0 Å². The van der Waals surface area contributed by atoms with Crippen molar-refractivity contribution in [2.45, 2.75) is 32.7 Å². The van der Waals surface area contributed by atoms with E-state index in [9.17, 15) is 0 Å². The third-order valence-corrected chi connectivity index (χ3v) is 1.97. The van der Waals surface area contributed by atoms with Gasteiger partial charge in [0, 0.05) is 0 Å². The molecule has 0 saturated heterocycles. The van der Waals surface area contributed by atoms with Crippen LogP contribution in [0.25, 0.3) is 0 Å². The average molecular weight is 167 g/mol. The minimum Gasteiger partial charge on any atom is -0.468 e. The summed E-state index contributed by atoms with van der Waals surface area (Å²) in [6, 6.07) is 2.07. The molecule has 2 heteroatoms. The minimum absolute atomic E-state index is 0.839. The monoisotopic (exact) mass is 167 g/mol. The highest BCUT2D eigenvalue weighted by molar-refractivity contribution is 5.16. The highest BCUT2D eigenvalue weighted by atomic mass is 16.3. The quantitative estimate of drug-likeness (QED) is 0.728. The molecule has 1 N–H and O–H groups in total. The smallest absolute Gasteiger partial charge is 0.120 e. The molecule has 1 rings (SSSR count). The molecule has 2 nitrogen and oxygen atoms in total. The van der Waals surface area contributed by atoms with E-state index in [0.717, 1.165) is 18.7 Å². The number of furan rings is 1. The van der Waals surface area contributed by atoms with E-state index in [1.165, 1.54) is 18.4 Å². The summed E-state index contributed by atoms with van der Waals surface area (Å²) in [5, 5.41) is 3.09. The molecular weight excluding hydrogens is 150 g/mol. The van der Waals surface area contributed by atoms with Gasteiger partial charge in [-0.2, -0.15) is 0 Å². The summed E-state index contributed by atoms with van der Waals surface area (Å²) in [6.07, 6.45) is 5.40. The molecule has 0 aliphatic rings. The van der Waals surface area contributed by atoms with E-state index in [1.54, 1.807) is 6.26 Å². The topological polar surface area (TPSA) is 25.2 Å². The summed E-state index contributed by atoms with van der Waals surface area (Å²) in [6.45, 7) is 3.05. The van der Waals surface area contributed by atoms with Crippen LogP contribution in [0.2, 0.25) is 0 Å². The first-order valence-electron chi connectivity index (χ1n) is 4.58. The number of unbranched alkanes of at least 4 members (excludes halogenated alkanes) is 1. The molecule has 0 atom stereocenters. The van der Waals surface area contributed by atoms with Crippen LogP contribution in [-0.4, -0.2) is 7.05 Å². The molecule has 0 aliphatic heterocycles. The summed E-state index contributed by atoms with van der Waals surface area (Å²) in [4.78, 5) is 0. The Labute approximate surface area is 74.0 Å². The Kier molecular flexibility index (Phi) is 3.88. The molecule has 0 radical (unpaired) electrons. The van der Waals surface area contributed by atoms with E-state index in [0.29, 0.717) is 0 Å². The van der Waals surface area contributed by atoms with Crippen LogP contribution in [0.1, 0.15) is 31.1 Å². The van der Waals surface area contributed by atoms with Crippen LogP contribution >= 0.6 is 0 Å². The van der Waals surface area contributed by atoms with Crippen molar-refractivity contribution in [2.24, 2.45) is 0 Å². The lowest BCUT2D eigenvalue weighted by atomic mass is 10.1. The Morgan fingerprint density at radius 3 is 3.00 bits per heavy atom. The lowest BCUT2D eigenvalue weighted by Crippen LogP contribution is -2.05. The number of hydrogen-bond acceptors (Lipinski definition) is 2. The van der Waals surface area contributed by atoms with Gasteiger partial charge in [0.2, 0.25) is 0 Å². The van der Waals surface area contributed by atoms with Gasteiger partial charge >= 0.3 is 0 Å². The standard InChI is InChI=1S/C10H17NO/c1-3-4-5-9-6-7-12-10(9)8-11-2/h6-7,11H,3-5,8H2,1-2H3. The first kappa shape index (κ1) is 9.33. The van der Waals surface area contributed by atoms with Crippen molar-refractivity contribution in [2.75, 3.05) is 7.05 Å². The molecule has 0 spiro atoms. The van der Waals surface area contributed by atoms with Gasteiger partial charge in [0.05, 0.1) is 12.8 Å². The lowest BCUT2D eigenvalue weighted by Gasteiger charge is -1.99. The molecule has 0 aliphatic carbocycles. The predicted octanol–water partition coefficient (Wildman–Crippen LogP) is 2.34. The van der Waals surface area contributed by atoms with Crippen LogP contribution < -0.4 is 5.32 Å². The molecule has 1 heterocycles. The molecule has 0 fully saturated rings. The van der Waals surface area contributed by atoms with Gasteiger partial charge in [0.1, 0.15) is 5.76 Å². The largest absolute Gasteiger partial charge is 0.468 e. The first-order valence-corrected chi connectivity index (χ1v) is 4.58. The maximum Gasteiger partial charge on any atom is 0.120 e. The summed E-state index contributed by atoms with van der Waals surface area (Å²) < 4.78 is 5.34. The molecule has 0 bridgehead atoms. The predicted molar refractivity (Wildman–Crippen MR) is 50.1 cm³/mol. The van der Waals surface area contributed by atoms with Crippen molar-refractivity contribution in [3.05, 3.63) is 23.7 Å². The van der Waals surface area contributed by atoms with Crippen molar-refractivity contribution < 1.29 is 4.42 Å². The Hall–Kier alpha value is -0.760. The van der Waals surface area contributed by atoms with E-state index in [4.69, 9.17) is 4.42 Å². The van der Waals surface area contributed by atoms with Gasteiger partial charge in [-0.3, -0.25) is 0 Å². The summed E-state index contributed by atoms with van der Waals surface area (Å²) in [7, 11) is 1.94. The molecule has 1 aromatic rings. The minimum atomic E-state index is 0.839. The summed E-state index contributed by atoms with van der Waals surface area (Å²) >= 11 is 0. The molecule has 0 unspecified atom stereocenters. The van der Waals surface area contributed by atoms with Crippen LogP contribution in [-0.2, 0) is 13.0 Å². The first-order chi connectivity index (χ1) is 5.88. The van der Waals surface area contributed by atoms with Gasteiger partial charge in [0.15, 0.2) is 0 Å². The van der Waals surface area contributed by atoms with E-state index < -0.39 is 0 Å². The van der Waals surface area contributed by atoms with Gasteiger partial charge < -0.3 is 9.73 Å². The fourth-order valence-corrected chi connectivity index (χ4v) is 1.27. The summed E-state index contributed by atoms with van der Waals surface area (Å²) in [5.41, 5.74) is 1.35. The van der Waals surface area contributed by atoms with Crippen LogP contribution in [0, 0.1) is 0 Å². The van der Waals surface area contributed by atoms with Gasteiger partial charge in [-0.25, -0.2) is 0 Å². The molecule has 12 heavy (non-hydrogen) atoms. The number of rotatable bonds is 5. The second-order valence-electron chi connectivity index (χ2n) is 3.00. The highest BCUT2D eigenvalue weighted by Gasteiger charge is 2.03. The van der Waals surface area contributed by atoms with Gasteiger partial charge in [-0.1, -0.05) is 13.3 Å². The Morgan fingerprint density at radius 1 is 1.50 bits per heavy atom. The zero-order chi connectivity index (χ0) is 8.81. The van der Waals surface area contributed by atoms with Crippen LogP contribution in [0.4, 0.5) is 0 Å². The van der Waals surface area contributed by atoms with Crippen molar-refractivity contribution in [1.82, 2.24) is 5.32 Å². The fraction of sp³-hybridized carbons (Fsp3) is 0.600. The maximum absolute atomic E-state index is 5.34. The van der Waals surface area contributed by atoms with Gasteiger partial charge in [0.25, 0.3) is 0 Å². The second kappa shape index (κ2) is 4.99. The van der Waals surface area contributed by atoms with Crippen molar-refractivity contribution in [1.29, 1.82) is 0 Å². The Bertz CT molecular complexity index is 217. The zero-order valence-electron chi connectivity index (χ0n) is 7.89. The zero-order valence-corrected chi connectivity index (χ0v) is 7.89. The van der Waals surface area contributed by atoms with Crippen molar-refractivity contribution in [3.8, 4) is 0 Å². The Morgan fingerprint density at radius 2 is 2.33 bits per heavy atom. The van der Waals surface area contributed by atoms with Crippen LogP contribution in [0.5, 0.6) is 0 Å². The fourth-order valence-electron chi connectivity index (χ4n) is 1.27. The summed E-state index contributed by atoms with van der Waals surface area (Å²) in [5.74, 6) is 1.09. The molecule has 0 aromatic carbocycles. The highest BCUT2D eigenvalue weighted by Crippen LogP contribution is 2.12. The maximum atomic E-state index is 5.34. The Balaban J connectivity index is 2.51. The van der Waals surface area contributed by atoms with E-state index in [1.807, 2.05) is 7.05 Å².